The number of para-hydroxylation sites is 1. The van der Waals surface area contributed by atoms with Gasteiger partial charge < -0.3 is 0 Å². The molecule has 0 saturated carbocycles. The summed E-state index contributed by atoms with van der Waals surface area (Å²) in [5.74, 6) is -0.311. The number of pyridine rings is 2. The van der Waals surface area contributed by atoms with Gasteiger partial charge in [-0.2, -0.15) is 0 Å². The first-order valence-corrected chi connectivity index (χ1v) is 8.19. The van der Waals surface area contributed by atoms with Crippen LogP contribution in [-0.2, 0) is 0 Å². The molecular formula is C22H13FN2. The fraction of sp³-hybridized carbons (Fsp3) is 0.0455. The summed E-state index contributed by atoms with van der Waals surface area (Å²) in [6, 6.07) is 12.8. The van der Waals surface area contributed by atoms with E-state index in [9.17, 15) is 4.39 Å². The molecule has 0 aliphatic rings. The van der Waals surface area contributed by atoms with Crippen LogP contribution in [0.3, 0.4) is 0 Å². The summed E-state index contributed by atoms with van der Waals surface area (Å²) in [5, 5.41) is 6.14. The van der Waals surface area contributed by atoms with E-state index in [0.717, 1.165) is 43.4 Å². The normalized spacial score (nSPS) is 13.5. The summed E-state index contributed by atoms with van der Waals surface area (Å²) in [6.45, 7) is 2.06. The maximum Gasteiger partial charge on any atom is 0.145 e. The molecule has 0 radical (unpaired) electrons. The zero-order valence-electron chi connectivity index (χ0n) is 15.4. The van der Waals surface area contributed by atoms with Crippen molar-refractivity contribution in [1.82, 2.24) is 9.38 Å². The minimum absolute atomic E-state index is 0.0702. The molecule has 25 heavy (non-hydrogen) atoms. The molecule has 0 saturated heterocycles. The second kappa shape index (κ2) is 4.25. The number of fused-ring (bicyclic) bond motifs is 4. The lowest BCUT2D eigenvalue weighted by Gasteiger charge is -2.13. The summed E-state index contributed by atoms with van der Waals surface area (Å²) in [5.41, 5.74) is 2.85. The van der Waals surface area contributed by atoms with Crippen molar-refractivity contribution in [3.8, 4) is 0 Å². The number of aryl methyl sites for hydroxylation is 1. The number of aromatic nitrogens is 2. The van der Waals surface area contributed by atoms with E-state index in [4.69, 9.17) is 2.74 Å². The van der Waals surface area contributed by atoms with Crippen LogP contribution in [0.15, 0.2) is 60.9 Å². The maximum atomic E-state index is 13.9. The fourth-order valence-electron chi connectivity index (χ4n) is 4.15. The highest BCUT2D eigenvalue weighted by molar-refractivity contribution is 6.27. The molecule has 118 valence electrons. The highest BCUT2D eigenvalue weighted by Crippen LogP contribution is 2.39. The summed E-state index contributed by atoms with van der Waals surface area (Å²) < 4.78 is 32.7. The van der Waals surface area contributed by atoms with E-state index < -0.39 is 0 Å². The minimum atomic E-state index is -0.311. The van der Waals surface area contributed by atoms with Gasteiger partial charge in [-0.15, -0.1) is 0 Å². The van der Waals surface area contributed by atoms with E-state index in [1.807, 2.05) is 22.7 Å². The highest BCUT2D eigenvalue weighted by Gasteiger charge is 2.17. The van der Waals surface area contributed by atoms with Crippen molar-refractivity contribution >= 4 is 48.9 Å². The molecule has 2 nitrogen and oxygen atoms in total. The van der Waals surface area contributed by atoms with Gasteiger partial charge in [-0.1, -0.05) is 24.3 Å². The van der Waals surface area contributed by atoms with Crippen molar-refractivity contribution in [2.75, 3.05) is 0 Å². The number of hydrogen-bond acceptors (Lipinski definition) is 1. The Morgan fingerprint density at radius 3 is 2.80 bits per heavy atom. The zero-order valence-corrected chi connectivity index (χ0v) is 13.4. The average molecular weight is 326 g/mol. The predicted octanol–water partition coefficient (Wildman–Crippen LogP) is 5.83. The van der Waals surface area contributed by atoms with Gasteiger partial charge >= 0.3 is 0 Å². The second-order valence-corrected chi connectivity index (χ2v) is 6.60. The standard InChI is InChI=1S/C22H13FN2/c1-12-11-25-21-15(12)3-2-4-18(21)19-10-13-9-14(23)5-6-16(13)17-7-8-24-22(25)20(17)19/h2-11H,1H3/i7D,8D. The Morgan fingerprint density at radius 2 is 1.88 bits per heavy atom. The van der Waals surface area contributed by atoms with Crippen molar-refractivity contribution in [2.45, 2.75) is 6.92 Å². The fourth-order valence-corrected chi connectivity index (χ4v) is 4.15. The van der Waals surface area contributed by atoms with Gasteiger partial charge in [0.25, 0.3) is 0 Å². The molecule has 0 atom stereocenters. The zero-order chi connectivity index (χ0) is 18.4. The molecule has 3 aromatic heterocycles. The maximum absolute atomic E-state index is 13.9. The number of hydrogen-bond donors (Lipinski definition) is 0. The first-order chi connectivity index (χ1) is 13.0. The minimum Gasteiger partial charge on any atom is -0.300 e. The number of nitrogens with zero attached hydrogens (tertiary/aromatic N) is 2. The van der Waals surface area contributed by atoms with E-state index in [-0.39, 0.29) is 18.0 Å². The largest absolute Gasteiger partial charge is 0.300 e. The Hall–Kier alpha value is -3.20. The first kappa shape index (κ1) is 11.4. The number of halogens is 1. The van der Waals surface area contributed by atoms with E-state index in [1.165, 1.54) is 12.1 Å². The molecule has 0 spiro atoms. The first-order valence-electron chi connectivity index (χ1n) is 9.19. The monoisotopic (exact) mass is 326 g/mol. The SMILES string of the molecule is [2H]c1nc2c3c(cc4cc(F)ccc4c3c1[2H])c1cccc3c(C)cn2c31. The number of rotatable bonds is 0. The Labute approximate surface area is 145 Å². The van der Waals surface area contributed by atoms with Gasteiger partial charge in [0, 0.05) is 28.5 Å². The molecule has 6 aromatic rings. The molecule has 3 heterocycles. The molecular weight excluding hydrogens is 311 g/mol. The van der Waals surface area contributed by atoms with Crippen molar-refractivity contribution in [2.24, 2.45) is 0 Å². The molecule has 0 bridgehead atoms. The quantitative estimate of drug-likeness (QED) is 0.253. The van der Waals surface area contributed by atoms with Crippen molar-refractivity contribution in [3.05, 3.63) is 72.3 Å². The Morgan fingerprint density at radius 1 is 1.00 bits per heavy atom. The molecule has 6 rings (SSSR count). The third kappa shape index (κ3) is 1.51. The van der Waals surface area contributed by atoms with Crippen LogP contribution in [0.1, 0.15) is 8.30 Å². The van der Waals surface area contributed by atoms with Crippen molar-refractivity contribution in [1.29, 1.82) is 0 Å². The predicted molar refractivity (Wildman–Crippen MR) is 101 cm³/mol. The van der Waals surface area contributed by atoms with E-state index >= 15 is 0 Å². The molecule has 0 N–H and O–H groups in total. The van der Waals surface area contributed by atoms with Crippen LogP contribution >= 0.6 is 0 Å². The van der Waals surface area contributed by atoms with Crippen LogP contribution in [-0.4, -0.2) is 9.38 Å². The lowest BCUT2D eigenvalue weighted by molar-refractivity contribution is 0.630. The van der Waals surface area contributed by atoms with Gasteiger partial charge in [0.1, 0.15) is 11.5 Å². The average Bonchev–Trinajstić information content (AvgIpc) is 3.00. The summed E-state index contributed by atoms with van der Waals surface area (Å²) in [6.07, 6.45) is 1.97. The Balaban J connectivity index is 2.09. The lowest BCUT2D eigenvalue weighted by Crippen LogP contribution is -1.94. The van der Waals surface area contributed by atoms with Gasteiger partial charge in [0.2, 0.25) is 0 Å². The van der Waals surface area contributed by atoms with Crippen LogP contribution in [0, 0.1) is 12.7 Å². The van der Waals surface area contributed by atoms with Gasteiger partial charge in [-0.25, -0.2) is 9.37 Å². The second-order valence-electron chi connectivity index (χ2n) is 6.60. The molecule has 0 fully saturated rings. The van der Waals surface area contributed by atoms with Crippen LogP contribution in [0.5, 0.6) is 0 Å². The molecule has 3 aromatic carbocycles. The molecule has 0 amide bonds. The van der Waals surface area contributed by atoms with Gasteiger partial charge in [-0.05, 0) is 58.3 Å². The van der Waals surface area contributed by atoms with E-state index in [1.54, 1.807) is 6.07 Å². The smallest absolute Gasteiger partial charge is 0.145 e. The third-order valence-electron chi connectivity index (χ3n) is 5.21. The van der Waals surface area contributed by atoms with Gasteiger partial charge in [0.15, 0.2) is 0 Å². The molecule has 0 aliphatic carbocycles. The van der Waals surface area contributed by atoms with Gasteiger partial charge in [-0.3, -0.25) is 4.40 Å². The summed E-state index contributed by atoms with van der Waals surface area (Å²) >= 11 is 0. The van der Waals surface area contributed by atoms with Crippen molar-refractivity contribution in [3.63, 3.8) is 0 Å². The molecule has 0 aliphatic heterocycles. The topological polar surface area (TPSA) is 17.3 Å². The number of benzene rings is 3. The van der Waals surface area contributed by atoms with E-state index in [0.29, 0.717) is 11.0 Å². The molecule has 3 heteroatoms. The summed E-state index contributed by atoms with van der Waals surface area (Å²) in [7, 11) is 0. The Kier molecular flexibility index (Phi) is 1.93. The Bertz CT molecular complexity index is 1570. The molecule has 0 unspecified atom stereocenters. The van der Waals surface area contributed by atoms with Crippen molar-refractivity contribution < 1.29 is 7.13 Å². The van der Waals surface area contributed by atoms with Crippen LogP contribution < -0.4 is 0 Å². The lowest BCUT2D eigenvalue weighted by atomic mass is 9.96. The van der Waals surface area contributed by atoms with E-state index in [2.05, 4.69) is 24.0 Å². The third-order valence-corrected chi connectivity index (χ3v) is 5.21. The van der Waals surface area contributed by atoms with Crippen LogP contribution in [0.4, 0.5) is 4.39 Å². The van der Waals surface area contributed by atoms with Crippen LogP contribution in [0.2, 0.25) is 0 Å². The van der Waals surface area contributed by atoms with Gasteiger partial charge in [0.05, 0.1) is 8.26 Å². The van der Waals surface area contributed by atoms with Crippen LogP contribution in [0.25, 0.3) is 48.9 Å². The summed E-state index contributed by atoms with van der Waals surface area (Å²) in [4.78, 5) is 4.46. The highest BCUT2D eigenvalue weighted by atomic mass is 19.1.